The predicted molar refractivity (Wildman–Crippen MR) is 64.9 cm³/mol. The van der Waals surface area contributed by atoms with E-state index in [2.05, 4.69) is 6.08 Å². The van der Waals surface area contributed by atoms with Crippen LogP contribution in [-0.4, -0.2) is 30.1 Å². The summed E-state index contributed by atoms with van der Waals surface area (Å²) in [4.78, 5) is 11.1. The van der Waals surface area contributed by atoms with Crippen molar-refractivity contribution in [2.75, 3.05) is 6.61 Å². The summed E-state index contributed by atoms with van der Waals surface area (Å²) in [5.41, 5.74) is -0.707. The number of carbonyl (C=O) groups is 1. The van der Waals surface area contributed by atoms with E-state index in [0.717, 1.165) is 38.6 Å². The summed E-state index contributed by atoms with van der Waals surface area (Å²) in [6, 6.07) is 0. The maximum absolute atomic E-state index is 11.1. The van der Waals surface area contributed by atoms with Gasteiger partial charge in [0.15, 0.2) is 17.9 Å². The van der Waals surface area contributed by atoms with E-state index in [9.17, 15) is 4.79 Å². The van der Waals surface area contributed by atoms with Gasteiger partial charge in [-0.15, -0.1) is 0 Å². The van der Waals surface area contributed by atoms with Gasteiger partial charge in [0, 0.05) is 19.3 Å². The summed E-state index contributed by atoms with van der Waals surface area (Å²) in [7, 11) is 0. The molecule has 0 saturated carbocycles. The molecule has 0 N–H and O–H groups in total. The minimum atomic E-state index is -0.707. The molecule has 2 saturated heterocycles. The van der Waals surface area contributed by atoms with Gasteiger partial charge >= 0.3 is 0 Å². The zero-order chi connectivity index (χ0) is 12.7. The van der Waals surface area contributed by atoms with Crippen LogP contribution in [-0.2, 0) is 19.0 Å². The van der Waals surface area contributed by atoms with Crippen molar-refractivity contribution in [3.63, 3.8) is 0 Å². The molecule has 3 aliphatic heterocycles. The second kappa shape index (κ2) is 4.15. The molecule has 0 aromatic carbocycles. The quantitative estimate of drug-likeness (QED) is 0.530. The molecular weight excluding hydrogens is 232 g/mol. The van der Waals surface area contributed by atoms with E-state index in [-0.39, 0.29) is 0 Å². The summed E-state index contributed by atoms with van der Waals surface area (Å²) in [6.45, 7) is 2.55. The smallest absolute Gasteiger partial charge is 0.191 e. The Morgan fingerprint density at radius 2 is 2.06 bits per heavy atom. The van der Waals surface area contributed by atoms with Crippen LogP contribution in [0.2, 0.25) is 0 Å². The van der Waals surface area contributed by atoms with Gasteiger partial charge in [0.25, 0.3) is 0 Å². The first kappa shape index (κ1) is 12.3. The van der Waals surface area contributed by atoms with Crippen molar-refractivity contribution in [1.29, 1.82) is 0 Å². The normalized spacial score (nSPS) is 47.8. The van der Waals surface area contributed by atoms with E-state index in [4.69, 9.17) is 14.2 Å². The van der Waals surface area contributed by atoms with Crippen LogP contribution in [0, 0.1) is 0 Å². The Bertz CT molecular complexity index is 372. The van der Waals surface area contributed by atoms with E-state index in [1.165, 1.54) is 0 Å². The van der Waals surface area contributed by atoms with Crippen LogP contribution in [0.15, 0.2) is 12.2 Å². The maximum atomic E-state index is 11.1. The molecule has 18 heavy (non-hydrogen) atoms. The lowest BCUT2D eigenvalue weighted by Crippen LogP contribution is -2.50. The van der Waals surface area contributed by atoms with Gasteiger partial charge in [0.1, 0.15) is 5.60 Å². The molecule has 3 aliphatic rings. The van der Waals surface area contributed by atoms with Gasteiger partial charge in [0.2, 0.25) is 0 Å². The fraction of sp³-hybridized carbons (Fsp3) is 0.786. The van der Waals surface area contributed by atoms with Gasteiger partial charge in [-0.2, -0.15) is 0 Å². The van der Waals surface area contributed by atoms with Crippen LogP contribution in [0.25, 0.3) is 0 Å². The standard InChI is InChI=1S/C14H20O4/c1-12(11-15)8-9-14(17-12)7-4-6-13(18-14)5-2-3-10-16-13/h4,6,11H,2-3,5,7-10H2,1H3/t12-,13+,14+/m0/s1. The van der Waals surface area contributed by atoms with Crippen LogP contribution in [0.1, 0.15) is 45.4 Å². The van der Waals surface area contributed by atoms with E-state index < -0.39 is 17.2 Å². The summed E-state index contributed by atoms with van der Waals surface area (Å²) in [5.74, 6) is -1.29. The van der Waals surface area contributed by atoms with Crippen LogP contribution in [0.3, 0.4) is 0 Å². The van der Waals surface area contributed by atoms with E-state index in [0.29, 0.717) is 12.8 Å². The third-order valence-electron chi connectivity index (χ3n) is 4.10. The lowest BCUT2D eigenvalue weighted by Gasteiger charge is -2.44. The number of hydrogen-bond acceptors (Lipinski definition) is 4. The molecule has 3 heterocycles. The van der Waals surface area contributed by atoms with Gasteiger partial charge in [-0.05, 0) is 32.3 Å². The Morgan fingerprint density at radius 1 is 1.17 bits per heavy atom. The Morgan fingerprint density at radius 3 is 2.72 bits per heavy atom. The molecule has 0 aliphatic carbocycles. The number of carbonyl (C=O) groups excluding carboxylic acids is 1. The summed E-state index contributed by atoms with van der Waals surface area (Å²) >= 11 is 0. The molecule has 0 aromatic heterocycles. The zero-order valence-corrected chi connectivity index (χ0v) is 10.8. The van der Waals surface area contributed by atoms with Crippen LogP contribution in [0.4, 0.5) is 0 Å². The molecule has 4 nitrogen and oxygen atoms in total. The van der Waals surface area contributed by atoms with E-state index in [1.54, 1.807) is 0 Å². The highest BCUT2D eigenvalue weighted by Gasteiger charge is 2.53. The molecule has 2 fully saturated rings. The molecule has 3 atom stereocenters. The second-order valence-corrected chi connectivity index (χ2v) is 5.77. The maximum Gasteiger partial charge on any atom is 0.191 e. The largest absolute Gasteiger partial charge is 0.346 e. The van der Waals surface area contributed by atoms with Crippen molar-refractivity contribution in [2.45, 2.75) is 62.6 Å². The first-order valence-corrected chi connectivity index (χ1v) is 6.78. The molecule has 0 aromatic rings. The van der Waals surface area contributed by atoms with Gasteiger partial charge < -0.3 is 19.0 Å². The molecular formula is C14H20O4. The first-order valence-electron chi connectivity index (χ1n) is 6.78. The third-order valence-corrected chi connectivity index (χ3v) is 4.10. The Hall–Kier alpha value is -0.710. The molecule has 3 rings (SSSR count). The molecule has 0 amide bonds. The van der Waals surface area contributed by atoms with Gasteiger partial charge in [-0.25, -0.2) is 0 Å². The molecule has 2 spiro atoms. The minimum Gasteiger partial charge on any atom is -0.346 e. The van der Waals surface area contributed by atoms with E-state index in [1.807, 2.05) is 13.0 Å². The highest BCUT2D eigenvalue weighted by Crippen LogP contribution is 2.47. The minimum absolute atomic E-state index is 0.620. The molecule has 0 unspecified atom stereocenters. The highest BCUT2D eigenvalue weighted by atomic mass is 16.8. The topological polar surface area (TPSA) is 44.8 Å². The molecule has 0 radical (unpaired) electrons. The Labute approximate surface area is 107 Å². The SMILES string of the molecule is C[C@@]1(C=O)CC[C@]2(CC=C[C@@]3(CCCCO3)O2)O1. The first-order chi connectivity index (χ1) is 8.60. The van der Waals surface area contributed by atoms with Crippen molar-refractivity contribution in [3.8, 4) is 0 Å². The average Bonchev–Trinajstić information content (AvgIpc) is 2.68. The van der Waals surface area contributed by atoms with Crippen molar-refractivity contribution >= 4 is 6.29 Å². The molecule has 100 valence electrons. The molecule has 4 heteroatoms. The fourth-order valence-corrected chi connectivity index (χ4v) is 3.08. The number of aldehydes is 1. The van der Waals surface area contributed by atoms with Gasteiger partial charge in [-0.1, -0.05) is 6.08 Å². The van der Waals surface area contributed by atoms with Gasteiger partial charge in [-0.3, -0.25) is 0 Å². The number of ether oxygens (including phenoxy) is 3. The number of hydrogen-bond donors (Lipinski definition) is 0. The lowest BCUT2D eigenvalue weighted by molar-refractivity contribution is -0.353. The van der Waals surface area contributed by atoms with Crippen molar-refractivity contribution < 1.29 is 19.0 Å². The van der Waals surface area contributed by atoms with E-state index >= 15 is 0 Å². The summed E-state index contributed by atoms with van der Waals surface area (Å²) < 4.78 is 17.9. The van der Waals surface area contributed by atoms with Crippen molar-refractivity contribution in [1.82, 2.24) is 0 Å². The van der Waals surface area contributed by atoms with Crippen LogP contribution < -0.4 is 0 Å². The fourth-order valence-electron chi connectivity index (χ4n) is 3.08. The summed E-state index contributed by atoms with van der Waals surface area (Å²) in [5, 5.41) is 0. The number of rotatable bonds is 1. The third kappa shape index (κ3) is 2.02. The van der Waals surface area contributed by atoms with Crippen molar-refractivity contribution in [2.24, 2.45) is 0 Å². The van der Waals surface area contributed by atoms with Crippen molar-refractivity contribution in [3.05, 3.63) is 12.2 Å². The van der Waals surface area contributed by atoms with Crippen LogP contribution in [0.5, 0.6) is 0 Å². The summed E-state index contributed by atoms with van der Waals surface area (Å²) in [6.07, 6.45) is 10.2. The Balaban J connectivity index is 1.80. The average molecular weight is 252 g/mol. The lowest BCUT2D eigenvalue weighted by atomic mass is 9.97. The zero-order valence-electron chi connectivity index (χ0n) is 10.8. The monoisotopic (exact) mass is 252 g/mol. The Kier molecular flexibility index (Phi) is 2.84. The second-order valence-electron chi connectivity index (χ2n) is 5.77. The highest BCUT2D eigenvalue weighted by molar-refractivity contribution is 5.62. The predicted octanol–water partition coefficient (Wildman–Crippen LogP) is 2.32. The van der Waals surface area contributed by atoms with Gasteiger partial charge in [0.05, 0.1) is 6.61 Å². The molecule has 0 bridgehead atoms. The van der Waals surface area contributed by atoms with Crippen LogP contribution >= 0.6 is 0 Å².